The van der Waals surface area contributed by atoms with Crippen LogP contribution in [-0.4, -0.2) is 42.8 Å². The zero-order valence-electron chi connectivity index (χ0n) is 13.8. The minimum Gasteiger partial charge on any atom is -0.481 e. The smallest absolute Gasteiger partial charge is 0.410 e. The van der Waals surface area contributed by atoms with E-state index < -0.39 is 11.9 Å². The summed E-state index contributed by atoms with van der Waals surface area (Å²) in [4.78, 5) is 13.9. The highest BCUT2D eigenvalue weighted by atomic mass is 35.5. The Morgan fingerprint density at radius 3 is 2.71 bits per heavy atom. The molecule has 1 N–H and O–H groups in total. The third kappa shape index (κ3) is 5.02. The maximum atomic E-state index is 13.8. The maximum absolute atomic E-state index is 13.8. The number of rotatable bonds is 4. The van der Waals surface area contributed by atoms with E-state index >= 15 is 0 Å². The van der Waals surface area contributed by atoms with E-state index in [0.717, 1.165) is 0 Å². The lowest BCUT2D eigenvalue weighted by Crippen LogP contribution is -2.57. The Hall–Kier alpha value is -1.97. The average molecular weight is 357 g/mol. The van der Waals surface area contributed by atoms with Crippen LogP contribution in [0.3, 0.4) is 0 Å². The summed E-state index contributed by atoms with van der Waals surface area (Å²) in [5.41, 5.74) is 0.253. The van der Waals surface area contributed by atoms with Gasteiger partial charge in [-0.1, -0.05) is 5.92 Å². The van der Waals surface area contributed by atoms with E-state index in [4.69, 9.17) is 15.9 Å². The summed E-state index contributed by atoms with van der Waals surface area (Å²) in [5, 5.41) is 3.24. The van der Waals surface area contributed by atoms with Gasteiger partial charge in [-0.15, -0.1) is 18.8 Å². The molecule has 0 bridgehead atoms. The molecule has 0 spiro atoms. The van der Waals surface area contributed by atoms with Gasteiger partial charge in [0.25, 0.3) is 0 Å². The summed E-state index contributed by atoms with van der Waals surface area (Å²) in [7, 11) is 0. The highest BCUT2D eigenvalue weighted by molar-refractivity contribution is 5.85. The SMILES string of the molecule is C#CCOc1ccc(F)c(COC(=O)N2[C@H](C)CNC[C@@H]2C)c1.Cl. The van der Waals surface area contributed by atoms with E-state index in [0.29, 0.717) is 18.8 Å². The fourth-order valence-corrected chi connectivity index (χ4v) is 2.58. The van der Waals surface area contributed by atoms with Crippen molar-refractivity contribution in [2.45, 2.75) is 32.5 Å². The van der Waals surface area contributed by atoms with Gasteiger partial charge >= 0.3 is 6.09 Å². The lowest BCUT2D eigenvalue weighted by atomic mass is 10.1. The van der Waals surface area contributed by atoms with Crippen molar-refractivity contribution in [2.24, 2.45) is 0 Å². The minimum atomic E-state index is -0.452. The predicted octanol–water partition coefficient (Wildman–Crippen LogP) is 2.58. The zero-order valence-corrected chi connectivity index (χ0v) is 14.6. The third-order valence-corrected chi connectivity index (χ3v) is 3.73. The Balaban J connectivity index is 0.00000288. The second-order valence-electron chi connectivity index (χ2n) is 5.56. The first kappa shape index (κ1) is 20.1. The molecular weight excluding hydrogens is 335 g/mol. The third-order valence-electron chi connectivity index (χ3n) is 3.73. The molecule has 132 valence electrons. The number of amides is 1. The van der Waals surface area contributed by atoms with Crippen LogP contribution in [0.5, 0.6) is 5.75 Å². The number of terminal acetylenes is 1. The highest BCUT2D eigenvalue weighted by Crippen LogP contribution is 2.19. The molecule has 2 rings (SSSR count). The van der Waals surface area contributed by atoms with Crippen LogP contribution in [0.15, 0.2) is 18.2 Å². The van der Waals surface area contributed by atoms with Crippen molar-refractivity contribution < 1.29 is 18.7 Å². The molecule has 0 unspecified atom stereocenters. The van der Waals surface area contributed by atoms with Gasteiger partial charge in [0.2, 0.25) is 0 Å². The number of nitrogens with one attached hydrogen (secondary N) is 1. The van der Waals surface area contributed by atoms with Crippen molar-refractivity contribution in [3.8, 4) is 18.1 Å². The molecule has 5 nitrogen and oxygen atoms in total. The molecule has 0 radical (unpaired) electrons. The Morgan fingerprint density at radius 2 is 2.08 bits per heavy atom. The Kier molecular flexibility index (Phi) is 7.83. The highest BCUT2D eigenvalue weighted by Gasteiger charge is 2.30. The van der Waals surface area contributed by atoms with Gasteiger partial charge in [0.05, 0.1) is 0 Å². The van der Waals surface area contributed by atoms with Crippen molar-refractivity contribution in [2.75, 3.05) is 19.7 Å². The normalized spacial score (nSPS) is 19.8. The minimum absolute atomic E-state index is 0. The van der Waals surface area contributed by atoms with E-state index in [1.165, 1.54) is 18.2 Å². The van der Waals surface area contributed by atoms with Gasteiger partial charge in [0.1, 0.15) is 24.8 Å². The second kappa shape index (κ2) is 9.36. The van der Waals surface area contributed by atoms with Gasteiger partial charge in [-0.05, 0) is 32.0 Å². The Morgan fingerprint density at radius 1 is 1.42 bits per heavy atom. The van der Waals surface area contributed by atoms with Crippen LogP contribution >= 0.6 is 12.4 Å². The van der Waals surface area contributed by atoms with Crippen molar-refractivity contribution in [1.29, 1.82) is 0 Å². The molecular formula is C17H22ClFN2O3. The zero-order chi connectivity index (χ0) is 16.8. The molecule has 0 aliphatic carbocycles. The lowest BCUT2D eigenvalue weighted by molar-refractivity contribution is 0.0557. The van der Waals surface area contributed by atoms with Crippen LogP contribution in [0.1, 0.15) is 19.4 Å². The number of carbonyl (C=O) groups is 1. The quantitative estimate of drug-likeness (QED) is 0.842. The first-order chi connectivity index (χ1) is 11.0. The number of piperazine rings is 1. The molecule has 24 heavy (non-hydrogen) atoms. The van der Waals surface area contributed by atoms with Gasteiger partial charge in [0, 0.05) is 30.7 Å². The number of nitrogens with zero attached hydrogens (tertiary/aromatic N) is 1. The van der Waals surface area contributed by atoms with E-state index in [9.17, 15) is 9.18 Å². The number of hydrogen-bond donors (Lipinski definition) is 1. The lowest BCUT2D eigenvalue weighted by Gasteiger charge is -2.38. The Labute approximate surface area is 147 Å². The molecule has 1 fully saturated rings. The molecule has 1 aromatic rings. The monoisotopic (exact) mass is 356 g/mol. The molecule has 1 saturated heterocycles. The largest absolute Gasteiger partial charge is 0.481 e. The van der Waals surface area contributed by atoms with Gasteiger partial charge in [-0.25, -0.2) is 9.18 Å². The summed E-state index contributed by atoms with van der Waals surface area (Å²) in [5.74, 6) is 2.33. The average Bonchev–Trinajstić information content (AvgIpc) is 2.52. The molecule has 1 aliphatic heterocycles. The second-order valence-corrected chi connectivity index (χ2v) is 5.56. The molecule has 1 aromatic carbocycles. The Bertz CT molecular complexity index is 596. The van der Waals surface area contributed by atoms with Crippen LogP contribution in [0.2, 0.25) is 0 Å². The van der Waals surface area contributed by atoms with Crippen LogP contribution in [0.4, 0.5) is 9.18 Å². The molecule has 1 amide bonds. The predicted molar refractivity (Wildman–Crippen MR) is 91.8 cm³/mol. The molecule has 1 aliphatic rings. The van der Waals surface area contributed by atoms with Crippen LogP contribution < -0.4 is 10.1 Å². The number of hydrogen-bond acceptors (Lipinski definition) is 4. The fraction of sp³-hybridized carbons (Fsp3) is 0.471. The maximum Gasteiger partial charge on any atom is 0.410 e. The summed E-state index contributed by atoms with van der Waals surface area (Å²) < 4.78 is 24.3. The molecule has 0 aromatic heterocycles. The van der Waals surface area contributed by atoms with Crippen LogP contribution in [-0.2, 0) is 11.3 Å². The van der Waals surface area contributed by atoms with Crippen LogP contribution in [0, 0.1) is 18.2 Å². The number of carbonyl (C=O) groups excluding carboxylic acids is 1. The molecule has 2 atom stereocenters. The summed E-state index contributed by atoms with van der Waals surface area (Å²) in [6.45, 7) is 5.26. The fourth-order valence-electron chi connectivity index (χ4n) is 2.58. The van der Waals surface area contributed by atoms with E-state index in [1.54, 1.807) is 4.90 Å². The van der Waals surface area contributed by atoms with Crippen LogP contribution in [0.25, 0.3) is 0 Å². The molecule has 1 heterocycles. The topological polar surface area (TPSA) is 50.8 Å². The number of halogens is 2. The molecule has 0 saturated carbocycles. The van der Waals surface area contributed by atoms with Crippen molar-refractivity contribution in [3.05, 3.63) is 29.6 Å². The van der Waals surface area contributed by atoms with Crippen molar-refractivity contribution >= 4 is 18.5 Å². The first-order valence-corrected chi connectivity index (χ1v) is 7.53. The summed E-state index contributed by atoms with van der Waals surface area (Å²) >= 11 is 0. The van der Waals surface area contributed by atoms with Gasteiger partial charge in [-0.3, -0.25) is 0 Å². The van der Waals surface area contributed by atoms with Gasteiger partial charge < -0.3 is 19.7 Å². The van der Waals surface area contributed by atoms with Crippen molar-refractivity contribution in [3.63, 3.8) is 0 Å². The molecule has 7 heteroatoms. The number of benzene rings is 1. The summed E-state index contributed by atoms with van der Waals surface area (Å²) in [6.07, 6.45) is 4.68. The van der Waals surface area contributed by atoms with Crippen molar-refractivity contribution in [1.82, 2.24) is 10.2 Å². The van der Waals surface area contributed by atoms with Gasteiger partial charge in [0.15, 0.2) is 0 Å². The summed E-state index contributed by atoms with van der Waals surface area (Å²) in [6, 6.07) is 4.30. The number of ether oxygens (including phenoxy) is 2. The first-order valence-electron chi connectivity index (χ1n) is 7.53. The standard InChI is InChI=1S/C17H21FN2O3.ClH/c1-4-7-22-15-5-6-16(18)14(8-15)11-23-17(21)20-12(2)9-19-10-13(20)3;/h1,5-6,8,12-13,19H,7,9-11H2,2-3H3;1H/t12-,13+;. The van der Waals surface area contributed by atoms with Gasteiger partial charge in [-0.2, -0.15) is 0 Å². The van der Waals surface area contributed by atoms with E-state index in [2.05, 4.69) is 11.2 Å². The van der Waals surface area contributed by atoms with E-state index in [-0.39, 0.29) is 43.3 Å². The van der Waals surface area contributed by atoms with E-state index in [1.807, 2.05) is 13.8 Å².